The molecule has 11 heavy (non-hydrogen) atoms. The Bertz CT molecular complexity index is 129. The Hall–Kier alpha value is -0.0400. The lowest BCUT2D eigenvalue weighted by atomic mass is 10.1. The van der Waals surface area contributed by atoms with Crippen molar-refractivity contribution in [2.24, 2.45) is 5.92 Å². The lowest BCUT2D eigenvalue weighted by molar-refractivity contribution is 0.195. The van der Waals surface area contributed by atoms with Crippen LogP contribution in [0, 0.1) is 5.92 Å². The minimum absolute atomic E-state index is 0.568. The predicted octanol–water partition coefficient (Wildman–Crippen LogP) is 2.52. The van der Waals surface area contributed by atoms with Crippen LogP contribution in [-0.4, -0.2) is 23.5 Å². The van der Waals surface area contributed by atoms with E-state index in [0.717, 1.165) is 5.92 Å². The molecular weight excluding hydrogens is 134 g/mol. The van der Waals surface area contributed by atoms with Gasteiger partial charge in [-0.2, -0.15) is 0 Å². The van der Waals surface area contributed by atoms with Gasteiger partial charge in [0.25, 0.3) is 0 Å². The first-order valence-electron chi connectivity index (χ1n) is 4.94. The van der Waals surface area contributed by atoms with Gasteiger partial charge in [0.2, 0.25) is 0 Å². The number of hydrogen-bond donors (Lipinski definition) is 0. The van der Waals surface area contributed by atoms with Crippen LogP contribution >= 0.6 is 0 Å². The largest absolute Gasteiger partial charge is 0.298 e. The molecule has 0 heterocycles. The molecule has 0 aromatic carbocycles. The summed E-state index contributed by atoms with van der Waals surface area (Å²) in [5, 5.41) is 0. The van der Waals surface area contributed by atoms with Crippen LogP contribution in [0.5, 0.6) is 0 Å². The Labute approximate surface area is 70.8 Å². The van der Waals surface area contributed by atoms with E-state index >= 15 is 0 Å². The molecule has 1 saturated carbocycles. The molecule has 0 N–H and O–H groups in total. The molecule has 0 radical (unpaired) electrons. The van der Waals surface area contributed by atoms with E-state index in [4.69, 9.17) is 0 Å². The van der Waals surface area contributed by atoms with Crippen molar-refractivity contribution in [2.45, 2.75) is 46.1 Å². The van der Waals surface area contributed by atoms with Gasteiger partial charge in [-0.05, 0) is 32.4 Å². The lowest BCUT2D eigenvalue weighted by Crippen LogP contribution is -2.36. The summed E-state index contributed by atoms with van der Waals surface area (Å²) >= 11 is 0. The Morgan fingerprint density at radius 1 is 1.27 bits per heavy atom. The number of rotatable bonds is 4. The molecule has 1 fully saturated rings. The first-order valence-corrected chi connectivity index (χ1v) is 4.94. The topological polar surface area (TPSA) is 3.24 Å². The molecule has 0 aromatic heterocycles. The average Bonchev–Trinajstić information content (AvgIpc) is 2.65. The molecule has 1 nitrogen and oxygen atoms in total. The average molecular weight is 155 g/mol. The van der Waals surface area contributed by atoms with Crippen LogP contribution in [0.3, 0.4) is 0 Å². The molecule has 2 atom stereocenters. The molecule has 1 aliphatic rings. The van der Waals surface area contributed by atoms with Gasteiger partial charge >= 0.3 is 0 Å². The van der Waals surface area contributed by atoms with Crippen LogP contribution in [0.2, 0.25) is 0 Å². The van der Waals surface area contributed by atoms with Gasteiger partial charge in [0.1, 0.15) is 0 Å². The van der Waals surface area contributed by atoms with Crippen LogP contribution in [0.1, 0.15) is 40.5 Å². The molecule has 0 aromatic rings. The fraction of sp³-hybridized carbons (Fsp3) is 1.00. The highest BCUT2D eigenvalue weighted by Gasteiger charge is 2.51. The van der Waals surface area contributed by atoms with E-state index in [-0.39, 0.29) is 0 Å². The summed E-state index contributed by atoms with van der Waals surface area (Å²) in [5.41, 5.74) is 0.568. The van der Waals surface area contributed by atoms with Crippen molar-refractivity contribution in [1.29, 1.82) is 0 Å². The molecule has 1 aliphatic carbocycles. The van der Waals surface area contributed by atoms with E-state index in [0.29, 0.717) is 5.54 Å². The molecule has 1 rings (SSSR count). The van der Waals surface area contributed by atoms with Crippen molar-refractivity contribution in [1.82, 2.24) is 4.90 Å². The second-order valence-electron chi connectivity index (χ2n) is 3.84. The third-order valence-corrected chi connectivity index (χ3v) is 3.36. The van der Waals surface area contributed by atoms with Crippen molar-refractivity contribution >= 4 is 0 Å². The summed E-state index contributed by atoms with van der Waals surface area (Å²) in [6, 6.07) is 0. The SMILES string of the molecule is CCC1CC1(C)N(CC)CC. The summed E-state index contributed by atoms with van der Waals surface area (Å²) in [5.74, 6) is 0.974. The van der Waals surface area contributed by atoms with Gasteiger partial charge in [-0.1, -0.05) is 27.2 Å². The Morgan fingerprint density at radius 3 is 2.09 bits per heavy atom. The van der Waals surface area contributed by atoms with Crippen LogP contribution in [0.4, 0.5) is 0 Å². The van der Waals surface area contributed by atoms with E-state index in [1.165, 1.54) is 25.9 Å². The molecule has 0 spiro atoms. The second kappa shape index (κ2) is 3.14. The van der Waals surface area contributed by atoms with Gasteiger partial charge in [0, 0.05) is 5.54 Å². The van der Waals surface area contributed by atoms with Gasteiger partial charge in [-0.3, -0.25) is 4.90 Å². The summed E-state index contributed by atoms with van der Waals surface area (Å²) in [4.78, 5) is 2.60. The van der Waals surface area contributed by atoms with E-state index in [9.17, 15) is 0 Å². The smallest absolute Gasteiger partial charge is 0.0213 e. The maximum atomic E-state index is 2.60. The van der Waals surface area contributed by atoms with Crippen LogP contribution in [0.15, 0.2) is 0 Å². The summed E-state index contributed by atoms with van der Waals surface area (Å²) in [7, 11) is 0. The normalized spacial score (nSPS) is 36.3. The molecular formula is C10H21N. The Kier molecular flexibility index (Phi) is 2.58. The van der Waals surface area contributed by atoms with Gasteiger partial charge in [-0.15, -0.1) is 0 Å². The fourth-order valence-corrected chi connectivity index (χ4v) is 2.36. The summed E-state index contributed by atoms with van der Waals surface area (Å²) in [6.07, 6.45) is 2.78. The highest BCUT2D eigenvalue weighted by molar-refractivity contribution is 5.07. The number of nitrogens with zero attached hydrogens (tertiary/aromatic N) is 1. The van der Waals surface area contributed by atoms with Gasteiger partial charge in [0.05, 0.1) is 0 Å². The van der Waals surface area contributed by atoms with Crippen molar-refractivity contribution in [3.05, 3.63) is 0 Å². The van der Waals surface area contributed by atoms with Crippen LogP contribution in [-0.2, 0) is 0 Å². The first kappa shape index (κ1) is 9.05. The van der Waals surface area contributed by atoms with Crippen molar-refractivity contribution in [3.63, 3.8) is 0 Å². The molecule has 0 bridgehead atoms. The summed E-state index contributed by atoms with van der Waals surface area (Å²) in [6.45, 7) is 11.7. The minimum atomic E-state index is 0.568. The molecule has 1 heteroatoms. The third kappa shape index (κ3) is 1.44. The predicted molar refractivity (Wildman–Crippen MR) is 49.7 cm³/mol. The highest BCUT2D eigenvalue weighted by atomic mass is 15.2. The minimum Gasteiger partial charge on any atom is -0.298 e. The molecule has 0 aliphatic heterocycles. The molecule has 0 saturated heterocycles. The molecule has 2 unspecified atom stereocenters. The zero-order chi connectivity index (χ0) is 8.48. The summed E-state index contributed by atoms with van der Waals surface area (Å²) < 4.78 is 0. The fourth-order valence-electron chi connectivity index (χ4n) is 2.36. The van der Waals surface area contributed by atoms with E-state index in [2.05, 4.69) is 32.6 Å². The Balaban J connectivity index is 2.46. The van der Waals surface area contributed by atoms with Gasteiger partial charge in [0.15, 0.2) is 0 Å². The zero-order valence-electron chi connectivity index (χ0n) is 8.35. The molecule has 0 amide bonds. The third-order valence-electron chi connectivity index (χ3n) is 3.36. The monoisotopic (exact) mass is 155 g/mol. The van der Waals surface area contributed by atoms with E-state index in [1.54, 1.807) is 0 Å². The van der Waals surface area contributed by atoms with Gasteiger partial charge in [-0.25, -0.2) is 0 Å². The maximum Gasteiger partial charge on any atom is 0.0213 e. The second-order valence-corrected chi connectivity index (χ2v) is 3.84. The zero-order valence-corrected chi connectivity index (χ0v) is 8.35. The van der Waals surface area contributed by atoms with Crippen LogP contribution < -0.4 is 0 Å². The van der Waals surface area contributed by atoms with E-state index < -0.39 is 0 Å². The van der Waals surface area contributed by atoms with E-state index in [1.807, 2.05) is 0 Å². The van der Waals surface area contributed by atoms with Gasteiger partial charge < -0.3 is 0 Å². The molecule has 66 valence electrons. The van der Waals surface area contributed by atoms with Crippen molar-refractivity contribution in [3.8, 4) is 0 Å². The van der Waals surface area contributed by atoms with Crippen molar-refractivity contribution < 1.29 is 0 Å². The standard InChI is InChI=1S/C10H21N/c1-5-9-8-10(9,4)11(6-2)7-3/h9H,5-8H2,1-4H3. The van der Waals surface area contributed by atoms with Crippen LogP contribution in [0.25, 0.3) is 0 Å². The first-order chi connectivity index (χ1) is 5.19. The quantitative estimate of drug-likeness (QED) is 0.603. The highest BCUT2D eigenvalue weighted by Crippen LogP contribution is 2.49. The lowest BCUT2D eigenvalue weighted by Gasteiger charge is -2.27. The van der Waals surface area contributed by atoms with Crippen molar-refractivity contribution in [2.75, 3.05) is 13.1 Å². The maximum absolute atomic E-state index is 2.60. The Morgan fingerprint density at radius 2 is 1.82 bits per heavy atom. The number of hydrogen-bond acceptors (Lipinski definition) is 1.